The largest absolute Gasteiger partial charge is 0.480 e. The Kier molecular flexibility index (Phi) is 6.05. The molecule has 0 spiro atoms. The van der Waals surface area contributed by atoms with Crippen LogP contribution in [-0.2, 0) is 4.79 Å². The van der Waals surface area contributed by atoms with Gasteiger partial charge in [-0.25, -0.2) is 0 Å². The number of carbonyl (C=O) groups is 1. The standard InChI is InChI=1S/C13H27N3O2/c1-5-6-14-11(13(17)18)8-16-7-10(2)12(9-16)15(3)4/h10-12,14H,5-9H2,1-4H3,(H,17,18). The van der Waals surface area contributed by atoms with E-state index in [0.29, 0.717) is 18.5 Å². The zero-order valence-corrected chi connectivity index (χ0v) is 12.0. The molecule has 0 aromatic carbocycles. The summed E-state index contributed by atoms with van der Waals surface area (Å²) in [4.78, 5) is 15.7. The normalized spacial score (nSPS) is 26.7. The molecule has 0 amide bonds. The van der Waals surface area contributed by atoms with Gasteiger partial charge in [0.25, 0.3) is 0 Å². The number of nitrogens with zero attached hydrogens (tertiary/aromatic N) is 2. The van der Waals surface area contributed by atoms with E-state index in [0.717, 1.165) is 26.1 Å². The van der Waals surface area contributed by atoms with Gasteiger partial charge in [-0.15, -0.1) is 0 Å². The lowest BCUT2D eigenvalue weighted by molar-refractivity contribution is -0.139. The average molecular weight is 257 g/mol. The Morgan fingerprint density at radius 3 is 2.61 bits per heavy atom. The minimum atomic E-state index is -0.746. The van der Waals surface area contributed by atoms with Crippen molar-refractivity contribution >= 4 is 5.97 Å². The SMILES string of the molecule is CCCNC(CN1CC(C)C(N(C)C)C1)C(=O)O. The van der Waals surface area contributed by atoms with Crippen LogP contribution in [0.4, 0.5) is 0 Å². The van der Waals surface area contributed by atoms with Crippen LogP contribution in [-0.4, -0.2) is 73.2 Å². The number of hydrogen-bond donors (Lipinski definition) is 2. The van der Waals surface area contributed by atoms with E-state index in [1.54, 1.807) is 0 Å². The average Bonchev–Trinajstić information content (AvgIpc) is 2.65. The first-order valence-electron chi connectivity index (χ1n) is 6.80. The fourth-order valence-corrected chi connectivity index (χ4v) is 2.68. The van der Waals surface area contributed by atoms with E-state index in [1.165, 1.54) is 0 Å². The quantitative estimate of drug-likeness (QED) is 0.688. The van der Waals surface area contributed by atoms with Crippen LogP contribution >= 0.6 is 0 Å². The number of carboxylic acids is 1. The molecule has 1 aliphatic rings. The van der Waals surface area contributed by atoms with Gasteiger partial charge in [0.05, 0.1) is 0 Å². The van der Waals surface area contributed by atoms with E-state index in [9.17, 15) is 9.90 Å². The number of rotatable bonds is 7. The minimum Gasteiger partial charge on any atom is -0.480 e. The van der Waals surface area contributed by atoms with Gasteiger partial charge in [0.15, 0.2) is 0 Å². The molecule has 106 valence electrons. The summed E-state index contributed by atoms with van der Waals surface area (Å²) in [5.41, 5.74) is 0. The van der Waals surface area contributed by atoms with Crippen molar-refractivity contribution in [1.82, 2.24) is 15.1 Å². The zero-order valence-electron chi connectivity index (χ0n) is 12.0. The Morgan fingerprint density at radius 2 is 2.17 bits per heavy atom. The first-order chi connectivity index (χ1) is 8.45. The van der Waals surface area contributed by atoms with Gasteiger partial charge in [0.1, 0.15) is 6.04 Å². The third-order valence-corrected chi connectivity index (χ3v) is 3.69. The summed E-state index contributed by atoms with van der Waals surface area (Å²) >= 11 is 0. The van der Waals surface area contributed by atoms with Gasteiger partial charge in [-0.3, -0.25) is 9.69 Å². The molecular weight excluding hydrogens is 230 g/mol. The predicted molar refractivity (Wildman–Crippen MR) is 72.8 cm³/mol. The lowest BCUT2D eigenvalue weighted by Crippen LogP contribution is -2.46. The van der Waals surface area contributed by atoms with E-state index < -0.39 is 12.0 Å². The number of likely N-dealkylation sites (N-methyl/N-ethyl adjacent to an activating group) is 1. The van der Waals surface area contributed by atoms with Gasteiger partial charge in [0, 0.05) is 25.7 Å². The fourth-order valence-electron chi connectivity index (χ4n) is 2.68. The molecule has 5 nitrogen and oxygen atoms in total. The highest BCUT2D eigenvalue weighted by molar-refractivity contribution is 5.73. The van der Waals surface area contributed by atoms with Gasteiger partial charge in [0.2, 0.25) is 0 Å². The van der Waals surface area contributed by atoms with Crippen LogP contribution in [0.25, 0.3) is 0 Å². The maximum atomic E-state index is 11.2. The van der Waals surface area contributed by atoms with Gasteiger partial charge in [-0.2, -0.15) is 0 Å². The molecule has 3 atom stereocenters. The van der Waals surface area contributed by atoms with Gasteiger partial charge >= 0.3 is 5.97 Å². The van der Waals surface area contributed by atoms with Crippen molar-refractivity contribution < 1.29 is 9.90 Å². The number of likely N-dealkylation sites (tertiary alicyclic amines) is 1. The molecule has 0 radical (unpaired) electrons. The number of nitrogens with one attached hydrogen (secondary N) is 1. The maximum absolute atomic E-state index is 11.2. The van der Waals surface area contributed by atoms with Crippen molar-refractivity contribution in [3.05, 3.63) is 0 Å². The second-order valence-corrected chi connectivity index (χ2v) is 5.57. The Labute approximate surface area is 110 Å². The van der Waals surface area contributed by atoms with Crippen molar-refractivity contribution in [3.8, 4) is 0 Å². The summed E-state index contributed by atoms with van der Waals surface area (Å²) in [7, 11) is 4.18. The highest BCUT2D eigenvalue weighted by Gasteiger charge is 2.33. The first-order valence-corrected chi connectivity index (χ1v) is 6.80. The summed E-state index contributed by atoms with van der Waals surface area (Å²) in [5, 5.41) is 12.3. The van der Waals surface area contributed by atoms with Crippen LogP contribution < -0.4 is 5.32 Å². The van der Waals surface area contributed by atoms with E-state index in [4.69, 9.17) is 0 Å². The highest BCUT2D eigenvalue weighted by atomic mass is 16.4. The summed E-state index contributed by atoms with van der Waals surface area (Å²) in [6.45, 7) is 7.60. The molecule has 1 heterocycles. The molecule has 0 aromatic heterocycles. The lowest BCUT2D eigenvalue weighted by Gasteiger charge is -2.24. The monoisotopic (exact) mass is 257 g/mol. The van der Waals surface area contributed by atoms with Gasteiger partial charge < -0.3 is 15.3 Å². The highest BCUT2D eigenvalue weighted by Crippen LogP contribution is 2.19. The molecule has 18 heavy (non-hydrogen) atoms. The minimum absolute atomic E-state index is 0.446. The van der Waals surface area contributed by atoms with Crippen LogP contribution in [0.3, 0.4) is 0 Å². The van der Waals surface area contributed by atoms with Crippen LogP contribution in [0.15, 0.2) is 0 Å². The summed E-state index contributed by atoms with van der Waals surface area (Å²) in [6.07, 6.45) is 0.959. The Morgan fingerprint density at radius 1 is 1.50 bits per heavy atom. The van der Waals surface area contributed by atoms with E-state index >= 15 is 0 Å². The van der Waals surface area contributed by atoms with Crippen LogP contribution in [0, 0.1) is 5.92 Å². The first kappa shape index (κ1) is 15.4. The van der Waals surface area contributed by atoms with Gasteiger partial charge in [-0.1, -0.05) is 13.8 Å². The van der Waals surface area contributed by atoms with Crippen molar-refractivity contribution in [1.29, 1.82) is 0 Å². The zero-order chi connectivity index (χ0) is 13.7. The molecule has 1 saturated heterocycles. The molecule has 5 heteroatoms. The van der Waals surface area contributed by atoms with Crippen LogP contribution in [0.5, 0.6) is 0 Å². The second-order valence-electron chi connectivity index (χ2n) is 5.57. The molecule has 0 bridgehead atoms. The molecule has 1 aliphatic heterocycles. The summed E-state index contributed by atoms with van der Waals surface area (Å²) in [6, 6.07) is 0.0867. The Bertz CT molecular complexity index is 271. The van der Waals surface area contributed by atoms with Crippen LogP contribution in [0.1, 0.15) is 20.3 Å². The molecule has 0 saturated carbocycles. The smallest absolute Gasteiger partial charge is 0.322 e. The molecular formula is C13H27N3O2. The van der Waals surface area contributed by atoms with Crippen molar-refractivity contribution in [2.24, 2.45) is 5.92 Å². The van der Waals surface area contributed by atoms with E-state index in [2.05, 4.69) is 36.1 Å². The molecule has 0 aliphatic carbocycles. The number of aliphatic carboxylic acids is 1. The second kappa shape index (κ2) is 7.07. The summed E-state index contributed by atoms with van der Waals surface area (Å²) in [5.74, 6) is -0.148. The van der Waals surface area contributed by atoms with Crippen molar-refractivity contribution in [2.75, 3.05) is 40.3 Å². The Balaban J connectivity index is 2.48. The van der Waals surface area contributed by atoms with Gasteiger partial charge in [-0.05, 0) is 33.0 Å². The third kappa shape index (κ3) is 4.23. The fraction of sp³-hybridized carbons (Fsp3) is 0.923. The number of carboxylic acid groups (broad SMARTS) is 1. The molecule has 2 N–H and O–H groups in total. The molecule has 1 fully saturated rings. The summed E-state index contributed by atoms with van der Waals surface area (Å²) < 4.78 is 0. The predicted octanol–water partition coefficient (Wildman–Crippen LogP) is 0.321. The topological polar surface area (TPSA) is 55.8 Å². The Hall–Kier alpha value is -0.650. The van der Waals surface area contributed by atoms with E-state index in [-0.39, 0.29) is 0 Å². The number of hydrogen-bond acceptors (Lipinski definition) is 4. The van der Waals surface area contributed by atoms with Crippen molar-refractivity contribution in [2.45, 2.75) is 32.4 Å². The lowest BCUT2D eigenvalue weighted by atomic mass is 10.1. The van der Waals surface area contributed by atoms with Crippen LogP contribution in [0.2, 0.25) is 0 Å². The molecule has 1 rings (SSSR count). The molecule has 3 unspecified atom stereocenters. The van der Waals surface area contributed by atoms with Crippen molar-refractivity contribution in [3.63, 3.8) is 0 Å². The van der Waals surface area contributed by atoms with E-state index in [1.807, 2.05) is 6.92 Å². The maximum Gasteiger partial charge on any atom is 0.322 e. The third-order valence-electron chi connectivity index (χ3n) is 3.69. The molecule has 0 aromatic rings.